The summed E-state index contributed by atoms with van der Waals surface area (Å²) >= 11 is 1.52. The van der Waals surface area contributed by atoms with E-state index in [-0.39, 0.29) is 11.9 Å². The van der Waals surface area contributed by atoms with Gasteiger partial charge in [-0.05, 0) is 51.2 Å². The molecule has 194 valence electrons. The van der Waals surface area contributed by atoms with Crippen molar-refractivity contribution in [3.63, 3.8) is 0 Å². The van der Waals surface area contributed by atoms with E-state index in [9.17, 15) is 10.1 Å². The third-order valence-electron chi connectivity index (χ3n) is 7.32. The molecule has 1 aromatic heterocycles. The zero-order valence-electron chi connectivity index (χ0n) is 21.6. The van der Waals surface area contributed by atoms with Crippen LogP contribution in [0.1, 0.15) is 49.5 Å². The molecule has 0 saturated carbocycles. The summed E-state index contributed by atoms with van der Waals surface area (Å²) in [5, 5.41) is 13.1. The van der Waals surface area contributed by atoms with Crippen LogP contribution in [0.4, 0.5) is 9.93 Å². The van der Waals surface area contributed by atoms with Crippen LogP contribution in [-0.4, -0.2) is 72.5 Å². The third-order valence-corrected chi connectivity index (χ3v) is 8.42. The molecule has 2 amide bonds. The number of aromatic nitrogens is 1. The van der Waals surface area contributed by atoms with Crippen LogP contribution in [-0.2, 0) is 4.74 Å². The van der Waals surface area contributed by atoms with Crippen LogP contribution >= 0.6 is 11.3 Å². The van der Waals surface area contributed by atoms with Crippen LogP contribution in [0, 0.1) is 17.2 Å². The van der Waals surface area contributed by atoms with Gasteiger partial charge in [0.15, 0.2) is 5.13 Å². The van der Waals surface area contributed by atoms with Gasteiger partial charge in [-0.15, -0.1) is 11.3 Å². The van der Waals surface area contributed by atoms with E-state index < -0.39 is 0 Å². The third kappa shape index (κ3) is 6.27. The number of amides is 2. The highest BCUT2D eigenvalue weighted by Crippen LogP contribution is 2.40. The van der Waals surface area contributed by atoms with Crippen molar-refractivity contribution in [1.29, 1.82) is 5.26 Å². The predicted octanol–water partition coefficient (Wildman–Crippen LogP) is 5.11. The smallest absolute Gasteiger partial charge is 0.323 e. The van der Waals surface area contributed by atoms with Gasteiger partial charge in [0.05, 0.1) is 30.5 Å². The van der Waals surface area contributed by atoms with Crippen LogP contribution in [0.15, 0.2) is 41.0 Å². The van der Waals surface area contributed by atoms with Gasteiger partial charge in [-0.3, -0.25) is 15.2 Å². The highest BCUT2D eigenvalue weighted by molar-refractivity contribution is 7.16. The van der Waals surface area contributed by atoms with Gasteiger partial charge in [-0.2, -0.15) is 5.26 Å². The number of nitrogens with one attached hydrogen (secondary N) is 1. The first-order chi connectivity index (χ1) is 18.0. The Labute approximate surface area is 222 Å². The van der Waals surface area contributed by atoms with Crippen molar-refractivity contribution < 1.29 is 9.53 Å². The predicted molar refractivity (Wildman–Crippen MR) is 147 cm³/mol. The van der Waals surface area contributed by atoms with E-state index in [1.54, 1.807) is 6.07 Å². The fourth-order valence-corrected chi connectivity index (χ4v) is 6.48. The van der Waals surface area contributed by atoms with Gasteiger partial charge in [-0.1, -0.05) is 18.2 Å². The van der Waals surface area contributed by atoms with Crippen LogP contribution in [0.3, 0.4) is 0 Å². The number of rotatable bonds is 5. The zero-order valence-corrected chi connectivity index (χ0v) is 22.4. The molecular formula is C28H34N6O2S. The number of nitriles is 1. The molecule has 1 aromatic carbocycles. The Balaban J connectivity index is 1.29. The van der Waals surface area contributed by atoms with Gasteiger partial charge in [0.1, 0.15) is 0 Å². The maximum Gasteiger partial charge on any atom is 0.323 e. The Hall–Kier alpha value is -3.06. The molecule has 3 aliphatic rings. The molecule has 5 rings (SSSR count). The summed E-state index contributed by atoms with van der Waals surface area (Å²) in [6.45, 7) is 10.3. The second kappa shape index (κ2) is 11.5. The normalized spacial score (nSPS) is 21.2. The standard InChI is InChI=1S/C28H34N6O2S/c1-19-14-24(15-20(2)30-19)26-25(23-5-3-4-22(16-23)17-29)31-27(37-26)32-28(35)34-8-6-21(7-9-34)18-33-10-12-36-13-11-33/h3-5,14,16,21,24H,6-13,15,18H2,1-2H3,(H,31,32,35). The van der Waals surface area contributed by atoms with Crippen molar-refractivity contribution in [3.05, 3.63) is 46.5 Å². The molecule has 0 spiro atoms. The SMILES string of the molecule is CC1=CC(c2sc(NC(=O)N3CCC(CN4CCOCC4)CC3)nc2-c2cccc(C#N)c2)CC(C)=N1. The topological polar surface area (TPSA) is 93.9 Å². The highest BCUT2D eigenvalue weighted by Gasteiger charge is 2.27. The van der Waals surface area contributed by atoms with E-state index in [2.05, 4.69) is 27.4 Å². The van der Waals surface area contributed by atoms with E-state index in [1.165, 1.54) is 11.3 Å². The van der Waals surface area contributed by atoms with Crippen molar-refractivity contribution in [1.82, 2.24) is 14.8 Å². The number of hydrogen-bond acceptors (Lipinski definition) is 7. The van der Waals surface area contributed by atoms with Crippen LogP contribution in [0.25, 0.3) is 11.3 Å². The minimum absolute atomic E-state index is 0.0874. The number of carbonyl (C=O) groups excluding carboxylic acids is 1. The quantitative estimate of drug-likeness (QED) is 0.594. The molecule has 2 saturated heterocycles. The summed E-state index contributed by atoms with van der Waals surface area (Å²) in [4.78, 5) is 28.1. The van der Waals surface area contributed by atoms with Gasteiger partial charge in [-0.25, -0.2) is 9.78 Å². The average molecular weight is 519 g/mol. The lowest BCUT2D eigenvalue weighted by molar-refractivity contribution is 0.0260. The van der Waals surface area contributed by atoms with Gasteiger partial charge in [0.25, 0.3) is 0 Å². The molecule has 8 nitrogen and oxygen atoms in total. The van der Waals surface area contributed by atoms with Crippen molar-refractivity contribution in [3.8, 4) is 17.3 Å². The number of likely N-dealkylation sites (tertiary alicyclic amines) is 1. The van der Waals surface area contributed by atoms with Crippen molar-refractivity contribution >= 4 is 28.2 Å². The maximum atomic E-state index is 13.2. The van der Waals surface area contributed by atoms with Gasteiger partial charge in [0, 0.05) is 60.5 Å². The monoisotopic (exact) mass is 518 g/mol. The molecule has 2 aromatic rings. The van der Waals surface area contributed by atoms with E-state index in [4.69, 9.17) is 9.72 Å². The zero-order chi connectivity index (χ0) is 25.8. The van der Waals surface area contributed by atoms with Crippen LogP contribution < -0.4 is 5.32 Å². The Morgan fingerprint density at radius 1 is 1.22 bits per heavy atom. The van der Waals surface area contributed by atoms with Gasteiger partial charge in [0.2, 0.25) is 0 Å². The minimum atomic E-state index is -0.0874. The summed E-state index contributed by atoms with van der Waals surface area (Å²) in [6, 6.07) is 9.65. The molecule has 1 atom stereocenters. The molecule has 0 radical (unpaired) electrons. The van der Waals surface area contributed by atoms with Gasteiger partial charge >= 0.3 is 6.03 Å². The fourth-order valence-electron chi connectivity index (χ4n) is 5.44. The molecule has 37 heavy (non-hydrogen) atoms. The number of morpholine rings is 1. The highest BCUT2D eigenvalue weighted by atomic mass is 32.1. The van der Waals surface area contributed by atoms with E-state index >= 15 is 0 Å². The molecule has 1 N–H and O–H groups in total. The number of hydrogen-bond donors (Lipinski definition) is 1. The summed E-state index contributed by atoms with van der Waals surface area (Å²) in [6.07, 6.45) is 5.02. The van der Waals surface area contributed by atoms with E-state index in [0.717, 1.165) is 92.7 Å². The van der Waals surface area contributed by atoms with Gasteiger partial charge < -0.3 is 9.64 Å². The molecule has 9 heteroatoms. The van der Waals surface area contributed by atoms with Crippen molar-refractivity contribution in [2.24, 2.45) is 10.9 Å². The summed E-state index contributed by atoms with van der Waals surface area (Å²) in [5.74, 6) is 0.760. The minimum Gasteiger partial charge on any atom is -0.379 e. The van der Waals surface area contributed by atoms with E-state index in [1.807, 2.05) is 36.9 Å². The lowest BCUT2D eigenvalue weighted by Gasteiger charge is -2.35. The second-order valence-electron chi connectivity index (χ2n) is 10.2. The van der Waals surface area contributed by atoms with Crippen LogP contribution in [0.2, 0.25) is 0 Å². The molecule has 1 unspecified atom stereocenters. The first-order valence-corrected chi connectivity index (χ1v) is 13.9. The number of thiazole rings is 1. The van der Waals surface area contributed by atoms with Crippen molar-refractivity contribution in [2.75, 3.05) is 51.3 Å². The number of anilines is 1. The number of piperidine rings is 1. The number of aliphatic imine (C=N–C) groups is 1. The fraction of sp³-hybridized carbons (Fsp3) is 0.500. The Morgan fingerprint density at radius 2 is 2.00 bits per heavy atom. The molecular weight excluding hydrogens is 484 g/mol. The van der Waals surface area contributed by atoms with E-state index in [0.29, 0.717) is 16.6 Å². The van der Waals surface area contributed by atoms with Crippen LogP contribution in [0.5, 0.6) is 0 Å². The second-order valence-corrected chi connectivity index (χ2v) is 11.2. The number of nitrogens with zero attached hydrogens (tertiary/aromatic N) is 5. The number of allylic oxidation sites excluding steroid dienone is 2. The lowest BCUT2D eigenvalue weighted by atomic mass is 9.94. The Bertz CT molecular complexity index is 1230. The van der Waals surface area contributed by atoms with Crippen molar-refractivity contribution in [2.45, 2.75) is 39.0 Å². The maximum absolute atomic E-state index is 13.2. The summed E-state index contributed by atoms with van der Waals surface area (Å²) in [7, 11) is 0. The first-order valence-electron chi connectivity index (χ1n) is 13.1. The Morgan fingerprint density at radius 3 is 2.73 bits per heavy atom. The molecule has 0 aliphatic carbocycles. The first kappa shape index (κ1) is 25.6. The average Bonchev–Trinajstić information content (AvgIpc) is 3.33. The molecule has 4 heterocycles. The number of carbonyl (C=O) groups is 1. The summed E-state index contributed by atoms with van der Waals surface area (Å²) < 4.78 is 5.46. The lowest BCUT2D eigenvalue weighted by Crippen LogP contribution is -2.45. The Kier molecular flexibility index (Phi) is 7.99. The number of benzene rings is 1. The number of urea groups is 1. The largest absolute Gasteiger partial charge is 0.379 e. The molecule has 2 fully saturated rings. The number of ether oxygens (including phenoxy) is 1. The summed E-state index contributed by atoms with van der Waals surface area (Å²) in [5.41, 5.74) is 4.38. The molecule has 0 bridgehead atoms. The molecule has 3 aliphatic heterocycles.